The average molecular weight is 201 g/mol. The molecule has 0 spiro atoms. The molecule has 0 aromatic carbocycles. The minimum atomic E-state index is -3.23. The summed E-state index contributed by atoms with van der Waals surface area (Å²) in [6.07, 6.45) is 0. The highest BCUT2D eigenvalue weighted by Gasteiger charge is 2.04. The largest absolute Gasteiger partial charge is 0.340 e. The second kappa shape index (κ2) is 2.97. The molecule has 0 aromatic rings. The smallest absolute Gasteiger partial charge is 0.227 e. The summed E-state index contributed by atoms with van der Waals surface area (Å²) >= 11 is 3.32. The van der Waals surface area contributed by atoms with Crippen molar-refractivity contribution in [3.63, 3.8) is 0 Å². The molecule has 46 valence electrons. The van der Waals surface area contributed by atoms with Crippen LogP contribution in [0.15, 0.2) is 0 Å². The topological polar surface area (TPSA) is 40.5 Å². The van der Waals surface area contributed by atoms with Crippen molar-refractivity contribution in [2.45, 2.75) is 0 Å². The lowest BCUT2D eigenvalue weighted by Gasteiger charge is -1.99. The second-order valence-electron chi connectivity index (χ2n) is 0.710. The van der Waals surface area contributed by atoms with Gasteiger partial charge in [0.1, 0.15) is 0 Å². The summed E-state index contributed by atoms with van der Waals surface area (Å²) in [5.41, 5.74) is -3.23. The first kappa shape index (κ1) is 8.63. The van der Waals surface area contributed by atoms with E-state index in [1.165, 1.54) is 0 Å². The van der Waals surface area contributed by atoms with Gasteiger partial charge in [-0.05, 0) is 21.4 Å². The molecule has 0 bridgehead atoms. The summed E-state index contributed by atoms with van der Waals surface area (Å²) in [6, 6.07) is 0. The van der Waals surface area contributed by atoms with E-state index in [1.807, 2.05) is 0 Å². The van der Waals surface area contributed by atoms with Crippen molar-refractivity contribution in [3.8, 4) is 0 Å². The SMILES string of the molecule is OP(O)(S)=S(Cl)Cl. The molecule has 7 heteroatoms. The maximum atomic E-state index is 8.37. The molecule has 0 aromatic heterocycles. The van der Waals surface area contributed by atoms with Crippen molar-refractivity contribution < 1.29 is 9.79 Å². The molecule has 0 radical (unpaired) electrons. The van der Waals surface area contributed by atoms with E-state index in [-0.39, 0.29) is 0 Å². The summed E-state index contributed by atoms with van der Waals surface area (Å²) in [4.78, 5) is 16.7. The summed E-state index contributed by atoms with van der Waals surface area (Å²) in [5.74, 6) is 0. The van der Waals surface area contributed by atoms with Gasteiger partial charge in [-0.1, -0.05) is 12.2 Å². The predicted molar refractivity (Wildman–Crippen MR) is 39.4 cm³/mol. The van der Waals surface area contributed by atoms with E-state index in [9.17, 15) is 0 Å². The minimum Gasteiger partial charge on any atom is -0.340 e. The molecule has 0 rings (SSSR count). The third-order valence-electron chi connectivity index (χ3n) is 0.185. The van der Waals surface area contributed by atoms with Crippen LogP contribution in [0.5, 0.6) is 0 Å². The van der Waals surface area contributed by atoms with Gasteiger partial charge in [0.15, 0.2) is 0 Å². The highest BCUT2D eigenvalue weighted by molar-refractivity contribution is 8.75. The fraction of sp³-hybridized carbons (Fsp3) is 0. The van der Waals surface area contributed by atoms with E-state index in [0.717, 1.165) is 0 Å². The molecule has 0 fully saturated rings. The quantitative estimate of drug-likeness (QED) is 0.410. The minimum absolute atomic E-state index is 1.40. The Morgan fingerprint density at radius 2 is 1.57 bits per heavy atom. The Kier molecular flexibility index (Phi) is 3.66. The van der Waals surface area contributed by atoms with Crippen LogP contribution in [-0.2, 0) is 8.50 Å². The van der Waals surface area contributed by atoms with Crippen molar-refractivity contribution in [1.29, 1.82) is 0 Å². The zero-order chi connectivity index (χ0) is 6.08. The van der Waals surface area contributed by atoms with Gasteiger partial charge in [-0.3, -0.25) is 0 Å². The molecular formula is H3Cl2O2PS2. The summed E-state index contributed by atoms with van der Waals surface area (Å²) in [5, 5.41) is 0. The first-order valence-corrected chi connectivity index (χ1v) is 7.42. The normalized spacial score (nSPS) is 12.9. The number of hydrogen-bond acceptors (Lipinski definition) is 0. The van der Waals surface area contributed by atoms with Gasteiger partial charge in [0, 0.05) is 0 Å². The average Bonchev–Trinajstić information content (AvgIpc) is 1.31. The van der Waals surface area contributed by atoms with Crippen LogP contribution >= 0.6 is 39.3 Å². The summed E-state index contributed by atoms with van der Waals surface area (Å²) in [6.45, 7) is 0. The van der Waals surface area contributed by atoms with E-state index in [2.05, 4.69) is 12.2 Å². The monoisotopic (exact) mass is 200 g/mol. The van der Waals surface area contributed by atoms with Gasteiger partial charge in [-0.25, -0.2) is 0 Å². The fourth-order valence-corrected chi connectivity index (χ4v) is 0. The Hall–Kier alpha value is 1.63. The molecule has 0 aliphatic heterocycles. The molecule has 0 aliphatic carbocycles. The van der Waals surface area contributed by atoms with Crippen LogP contribution < -0.4 is 0 Å². The van der Waals surface area contributed by atoms with Gasteiger partial charge in [0.05, 0.1) is 8.50 Å². The molecule has 7 heavy (non-hydrogen) atoms. The van der Waals surface area contributed by atoms with Crippen LogP contribution in [0.2, 0.25) is 0 Å². The first-order chi connectivity index (χ1) is 2.94. The molecule has 0 saturated carbocycles. The Morgan fingerprint density at radius 1 is 1.43 bits per heavy atom. The second-order valence-corrected chi connectivity index (χ2v) is 10.9. The summed E-state index contributed by atoms with van der Waals surface area (Å²) in [7, 11) is 8.64. The lowest BCUT2D eigenvalue weighted by atomic mass is 15.9. The third kappa shape index (κ3) is 4.15. The highest BCUT2D eigenvalue weighted by Crippen LogP contribution is 2.49. The Balaban J connectivity index is 4.28. The van der Waals surface area contributed by atoms with Crippen LogP contribution in [0.1, 0.15) is 0 Å². The van der Waals surface area contributed by atoms with E-state index in [1.54, 1.807) is 0 Å². The molecule has 2 nitrogen and oxygen atoms in total. The number of hydrogen-bond donors (Lipinski definition) is 3. The Bertz CT molecular complexity index is 103. The maximum absolute atomic E-state index is 8.37. The van der Waals surface area contributed by atoms with Crippen molar-refractivity contribution in [2.24, 2.45) is 0 Å². The lowest BCUT2D eigenvalue weighted by molar-refractivity contribution is 0.502. The van der Waals surface area contributed by atoms with Crippen LogP contribution in [0.25, 0.3) is 0 Å². The van der Waals surface area contributed by atoms with E-state index < -0.39 is 14.2 Å². The molecular weight excluding hydrogens is 198 g/mol. The van der Waals surface area contributed by atoms with Gasteiger partial charge in [0.25, 0.3) is 0 Å². The Morgan fingerprint density at radius 3 is 1.57 bits per heavy atom. The molecule has 0 aliphatic rings. The first-order valence-electron chi connectivity index (χ1n) is 1.09. The Labute approximate surface area is 57.7 Å². The fourth-order valence-electron chi connectivity index (χ4n) is 0. The standard InChI is InChI=1S/Cl2H3O2PS2/c1-7(2)5(3,4)6/h3-4,6H. The molecule has 0 saturated heterocycles. The third-order valence-corrected chi connectivity index (χ3v) is 8.33. The summed E-state index contributed by atoms with van der Waals surface area (Å²) < 4.78 is 0. The van der Waals surface area contributed by atoms with Crippen LogP contribution in [0, 0.1) is 0 Å². The predicted octanol–water partition coefficient (Wildman–Crippen LogP) is 1.50. The van der Waals surface area contributed by atoms with Gasteiger partial charge < -0.3 is 9.79 Å². The van der Waals surface area contributed by atoms with E-state index >= 15 is 0 Å². The molecule has 0 unspecified atom stereocenters. The molecule has 0 heterocycles. The zero-order valence-corrected chi connectivity index (χ0v) is 7.07. The van der Waals surface area contributed by atoms with E-state index in [4.69, 9.17) is 31.2 Å². The van der Waals surface area contributed by atoms with Crippen LogP contribution in [-0.4, -0.2) is 9.79 Å². The highest BCUT2D eigenvalue weighted by atomic mass is 36.0. The zero-order valence-electron chi connectivity index (χ0n) is 2.95. The maximum Gasteiger partial charge on any atom is 0.227 e. The number of rotatable bonds is 0. The van der Waals surface area contributed by atoms with Crippen LogP contribution in [0.4, 0.5) is 0 Å². The van der Waals surface area contributed by atoms with Crippen molar-refractivity contribution in [1.82, 2.24) is 0 Å². The van der Waals surface area contributed by atoms with Crippen molar-refractivity contribution in [3.05, 3.63) is 0 Å². The van der Waals surface area contributed by atoms with Crippen molar-refractivity contribution >= 4 is 47.8 Å². The molecule has 2 N–H and O–H groups in total. The van der Waals surface area contributed by atoms with Gasteiger partial charge in [-0.2, -0.15) is 0 Å². The molecule has 0 amide bonds. The number of thiol groups is 1. The number of halogens is 2. The molecule has 0 atom stereocenters. The van der Waals surface area contributed by atoms with Crippen molar-refractivity contribution in [2.75, 3.05) is 0 Å². The van der Waals surface area contributed by atoms with Crippen LogP contribution in [0.3, 0.4) is 0 Å². The van der Waals surface area contributed by atoms with Gasteiger partial charge in [0.2, 0.25) is 5.69 Å². The van der Waals surface area contributed by atoms with Gasteiger partial charge in [-0.15, -0.1) is 0 Å². The van der Waals surface area contributed by atoms with Gasteiger partial charge >= 0.3 is 0 Å². The van der Waals surface area contributed by atoms with E-state index in [0.29, 0.717) is 0 Å². The lowest BCUT2D eigenvalue weighted by Crippen LogP contribution is -1.66.